The van der Waals surface area contributed by atoms with Crippen molar-refractivity contribution in [2.75, 3.05) is 13.2 Å². The van der Waals surface area contributed by atoms with Crippen LogP contribution in [0, 0.1) is 0 Å². The molecule has 0 fully saturated rings. The Balaban J connectivity index is 4.30. The summed E-state index contributed by atoms with van der Waals surface area (Å²) in [6, 6.07) is 0. The average molecular weight is 1150 g/mol. The highest BCUT2D eigenvalue weighted by Crippen LogP contribution is 2.16. The quantitative estimate of drug-likeness (QED) is 0.0261. The second-order valence-corrected chi connectivity index (χ2v) is 23.1. The van der Waals surface area contributed by atoms with Crippen molar-refractivity contribution in [2.24, 2.45) is 0 Å². The normalized spacial score (nSPS) is 12.9. The number of carbonyl (C=O) groups excluding carboxylic acids is 3. The molecule has 0 N–H and O–H groups in total. The van der Waals surface area contributed by atoms with E-state index in [1.807, 2.05) is 0 Å². The predicted molar refractivity (Wildman–Crippen MR) is 362 cm³/mol. The summed E-state index contributed by atoms with van der Waals surface area (Å²) in [5.74, 6) is -0.901. The lowest BCUT2D eigenvalue weighted by molar-refractivity contribution is -0.167. The molecule has 0 heterocycles. The number of rotatable bonds is 63. The number of esters is 3. The number of carbonyl (C=O) groups is 3. The number of hydrogen-bond acceptors (Lipinski definition) is 6. The zero-order chi connectivity index (χ0) is 59.9. The fourth-order valence-corrected chi connectivity index (χ4v) is 9.68. The molecule has 0 rings (SSSR count). The van der Waals surface area contributed by atoms with Crippen LogP contribution >= 0.6 is 0 Å². The van der Waals surface area contributed by atoms with E-state index in [0.29, 0.717) is 19.3 Å². The van der Waals surface area contributed by atoms with Crippen LogP contribution in [0.4, 0.5) is 0 Å². The van der Waals surface area contributed by atoms with Crippen LogP contribution in [-0.4, -0.2) is 37.2 Å². The van der Waals surface area contributed by atoms with Gasteiger partial charge in [0.1, 0.15) is 13.2 Å². The van der Waals surface area contributed by atoms with E-state index in [1.54, 1.807) is 0 Å². The highest BCUT2D eigenvalue weighted by molar-refractivity contribution is 5.71. The van der Waals surface area contributed by atoms with Crippen LogP contribution in [0.15, 0.2) is 122 Å². The van der Waals surface area contributed by atoms with E-state index < -0.39 is 6.10 Å². The van der Waals surface area contributed by atoms with Gasteiger partial charge in [0.25, 0.3) is 0 Å². The van der Waals surface area contributed by atoms with Gasteiger partial charge < -0.3 is 14.2 Å². The minimum absolute atomic E-state index is 0.0874. The molecule has 6 heteroatoms. The molecule has 0 radical (unpaired) electrons. The van der Waals surface area contributed by atoms with E-state index in [4.69, 9.17) is 14.2 Å². The number of ether oxygens (including phenoxy) is 3. The molecule has 1 unspecified atom stereocenters. The molecule has 0 aromatic rings. The molecule has 0 aromatic carbocycles. The van der Waals surface area contributed by atoms with Gasteiger partial charge in [0.05, 0.1) is 0 Å². The summed E-state index contributed by atoms with van der Waals surface area (Å²) in [7, 11) is 0. The molecule has 0 amide bonds. The Morgan fingerprint density at radius 1 is 0.253 bits per heavy atom. The molecule has 0 aromatic heterocycles. The monoisotopic (exact) mass is 1150 g/mol. The summed E-state index contributed by atoms with van der Waals surface area (Å²) in [4.78, 5) is 38.4. The van der Waals surface area contributed by atoms with Crippen LogP contribution in [0.3, 0.4) is 0 Å². The van der Waals surface area contributed by atoms with Crippen molar-refractivity contribution in [1.82, 2.24) is 0 Å². The molecule has 0 bridgehead atoms. The van der Waals surface area contributed by atoms with Crippen molar-refractivity contribution in [3.8, 4) is 0 Å². The Labute approximate surface area is 513 Å². The van der Waals surface area contributed by atoms with E-state index in [1.165, 1.54) is 161 Å². The first-order valence-corrected chi connectivity index (χ1v) is 35.0. The van der Waals surface area contributed by atoms with Crippen molar-refractivity contribution in [3.05, 3.63) is 122 Å². The summed E-state index contributed by atoms with van der Waals surface area (Å²) in [6.07, 6.45) is 97.9. The summed E-state index contributed by atoms with van der Waals surface area (Å²) >= 11 is 0. The third-order valence-corrected chi connectivity index (χ3v) is 14.9. The van der Waals surface area contributed by atoms with Gasteiger partial charge in [-0.05, 0) is 135 Å². The van der Waals surface area contributed by atoms with Crippen LogP contribution in [0.25, 0.3) is 0 Å². The van der Waals surface area contributed by atoms with Gasteiger partial charge in [0, 0.05) is 19.3 Å². The highest BCUT2D eigenvalue weighted by atomic mass is 16.6. The summed E-state index contributed by atoms with van der Waals surface area (Å²) in [5.41, 5.74) is 0. The van der Waals surface area contributed by atoms with Crippen LogP contribution < -0.4 is 0 Å². The molecule has 0 saturated carbocycles. The lowest BCUT2D eigenvalue weighted by atomic mass is 10.0. The van der Waals surface area contributed by atoms with Crippen molar-refractivity contribution in [3.63, 3.8) is 0 Å². The van der Waals surface area contributed by atoms with Gasteiger partial charge in [-0.2, -0.15) is 0 Å². The number of allylic oxidation sites excluding steroid dienone is 20. The molecular formula is C77H130O6. The topological polar surface area (TPSA) is 78.9 Å². The van der Waals surface area contributed by atoms with E-state index >= 15 is 0 Å². The van der Waals surface area contributed by atoms with Crippen molar-refractivity contribution in [1.29, 1.82) is 0 Å². The van der Waals surface area contributed by atoms with Gasteiger partial charge >= 0.3 is 17.9 Å². The van der Waals surface area contributed by atoms with Gasteiger partial charge in [-0.3, -0.25) is 14.4 Å². The van der Waals surface area contributed by atoms with Crippen molar-refractivity contribution < 1.29 is 28.6 Å². The number of unbranched alkanes of at least 4 members (excludes halogenated alkanes) is 32. The van der Waals surface area contributed by atoms with E-state index in [0.717, 1.165) is 128 Å². The van der Waals surface area contributed by atoms with E-state index in [2.05, 4.69) is 142 Å². The Bertz CT molecular complexity index is 1700. The molecule has 0 spiro atoms. The third kappa shape index (κ3) is 68.5. The Kier molecular flexibility index (Phi) is 66.7. The van der Waals surface area contributed by atoms with Crippen LogP contribution in [0.5, 0.6) is 0 Å². The fourth-order valence-electron chi connectivity index (χ4n) is 9.68. The van der Waals surface area contributed by atoms with Crippen LogP contribution in [0.1, 0.15) is 329 Å². The maximum Gasteiger partial charge on any atom is 0.306 e. The molecule has 6 nitrogen and oxygen atoms in total. The lowest BCUT2D eigenvalue weighted by Crippen LogP contribution is -2.30. The molecular weight excluding hydrogens is 1020 g/mol. The molecule has 474 valence electrons. The Hall–Kier alpha value is -4.19. The van der Waals surface area contributed by atoms with Crippen LogP contribution in [0.2, 0.25) is 0 Å². The molecule has 83 heavy (non-hydrogen) atoms. The maximum absolute atomic E-state index is 12.9. The van der Waals surface area contributed by atoms with Gasteiger partial charge in [-0.15, -0.1) is 0 Å². The summed E-state index contributed by atoms with van der Waals surface area (Å²) in [6.45, 7) is 6.50. The molecule has 0 aliphatic heterocycles. The van der Waals surface area contributed by atoms with Crippen molar-refractivity contribution >= 4 is 17.9 Å². The highest BCUT2D eigenvalue weighted by Gasteiger charge is 2.19. The van der Waals surface area contributed by atoms with Crippen molar-refractivity contribution in [2.45, 2.75) is 335 Å². The predicted octanol–water partition coefficient (Wildman–Crippen LogP) is 24.3. The van der Waals surface area contributed by atoms with Gasteiger partial charge in [-0.25, -0.2) is 0 Å². The smallest absolute Gasteiger partial charge is 0.306 e. The minimum atomic E-state index is -0.793. The van der Waals surface area contributed by atoms with Gasteiger partial charge in [0.15, 0.2) is 6.10 Å². The maximum atomic E-state index is 12.9. The Morgan fingerprint density at radius 2 is 0.470 bits per heavy atom. The first kappa shape index (κ1) is 78.8. The zero-order valence-electron chi connectivity index (χ0n) is 54.4. The Morgan fingerprint density at radius 3 is 0.759 bits per heavy atom. The molecule has 0 saturated heterocycles. The largest absolute Gasteiger partial charge is 0.462 e. The molecule has 0 aliphatic carbocycles. The second kappa shape index (κ2) is 70.3. The first-order valence-electron chi connectivity index (χ1n) is 35.0. The summed E-state index contributed by atoms with van der Waals surface area (Å²) < 4.78 is 17.0. The van der Waals surface area contributed by atoms with E-state index in [9.17, 15) is 14.4 Å². The summed E-state index contributed by atoms with van der Waals surface area (Å²) in [5, 5.41) is 0. The average Bonchev–Trinajstić information content (AvgIpc) is 3.49. The second-order valence-electron chi connectivity index (χ2n) is 23.1. The van der Waals surface area contributed by atoms with Gasteiger partial charge in [0.2, 0.25) is 0 Å². The first-order chi connectivity index (χ1) is 41.0. The van der Waals surface area contributed by atoms with Gasteiger partial charge in [-0.1, -0.05) is 296 Å². The standard InChI is InChI=1S/C77H130O6/c1-4-7-10-13-16-19-22-25-27-29-31-33-34-35-36-37-38-39-40-41-42-44-45-47-49-52-55-58-61-64-67-70-76(79)82-73-74(72-81-75(78)69-66-63-60-57-54-51-24-21-18-15-12-9-6-3)83-77(80)71-68-65-62-59-56-53-50-48-46-43-32-30-28-26-23-20-17-14-11-8-5-2/h7,10,16,19,21,23-27,30-33,35-36,38-39,46,48,74H,4-6,8-9,11-15,17-18,20,22,28-29,34,37,40-45,47,49-73H2,1-3H3/b10-7-,19-16-,24-21-,26-23-,27-25-,32-30-,33-31-,36-35-,39-38-,48-46-. The van der Waals surface area contributed by atoms with Crippen LogP contribution in [-0.2, 0) is 28.6 Å². The third-order valence-electron chi connectivity index (χ3n) is 14.9. The zero-order valence-corrected chi connectivity index (χ0v) is 54.4. The fraction of sp³-hybridized carbons (Fsp3) is 0.701. The minimum Gasteiger partial charge on any atom is -0.462 e. The molecule has 1 atom stereocenters. The SMILES string of the molecule is CC/C=C\C/C=C\C/C=C\C/C=C\C/C=C\C/C=C\CCCCCCCCCCCCCCC(=O)OCC(COC(=O)CCCCCCC/C=C\CCCCCC)OC(=O)CCCCCCCC/C=C\C/C=C\C/C=C\CCCCCCC. The lowest BCUT2D eigenvalue weighted by Gasteiger charge is -2.18. The number of hydrogen-bond donors (Lipinski definition) is 0. The molecule has 0 aliphatic rings. The van der Waals surface area contributed by atoms with E-state index in [-0.39, 0.29) is 31.1 Å².